The average Bonchev–Trinajstić information content (AvgIpc) is 3.23. The van der Waals surface area contributed by atoms with E-state index in [4.69, 9.17) is 9.26 Å². The first-order chi connectivity index (χ1) is 11.7. The number of nitrogens with zero attached hydrogens (tertiary/aromatic N) is 3. The van der Waals surface area contributed by atoms with E-state index in [2.05, 4.69) is 15.1 Å². The maximum absolute atomic E-state index is 12.4. The van der Waals surface area contributed by atoms with Crippen LogP contribution >= 0.6 is 0 Å². The fourth-order valence-electron chi connectivity index (χ4n) is 2.64. The van der Waals surface area contributed by atoms with E-state index < -0.39 is 0 Å². The molecule has 1 amide bonds. The monoisotopic (exact) mass is 324 g/mol. The van der Waals surface area contributed by atoms with Gasteiger partial charge in [-0.05, 0) is 18.2 Å². The number of fused-ring (bicyclic) bond motifs is 1. The zero-order valence-corrected chi connectivity index (χ0v) is 12.6. The number of hydrogen-bond acceptors (Lipinski definition) is 6. The molecule has 0 bridgehead atoms. The van der Waals surface area contributed by atoms with E-state index in [1.807, 2.05) is 0 Å². The Morgan fingerprint density at radius 2 is 2.17 bits per heavy atom. The molecule has 8 heteroatoms. The summed E-state index contributed by atoms with van der Waals surface area (Å²) in [5, 5.41) is 3.79. The first-order valence-electron chi connectivity index (χ1n) is 7.16. The highest BCUT2D eigenvalue weighted by Crippen LogP contribution is 2.28. The van der Waals surface area contributed by atoms with Gasteiger partial charge in [0.15, 0.2) is 11.6 Å². The van der Waals surface area contributed by atoms with Crippen LogP contribution in [0.5, 0.6) is 5.75 Å². The SMILES string of the molecule is COc1cc(-c2ccc3c(n2)CN(c2ccon2)C3=O)c[nH]c1=O. The van der Waals surface area contributed by atoms with Crippen molar-refractivity contribution >= 4 is 11.7 Å². The van der Waals surface area contributed by atoms with Crippen LogP contribution in [0.25, 0.3) is 11.3 Å². The molecule has 4 heterocycles. The molecule has 120 valence electrons. The van der Waals surface area contributed by atoms with Crippen molar-refractivity contribution in [1.29, 1.82) is 0 Å². The minimum absolute atomic E-state index is 0.169. The highest BCUT2D eigenvalue weighted by molar-refractivity contribution is 6.09. The molecule has 24 heavy (non-hydrogen) atoms. The number of ether oxygens (including phenoxy) is 1. The van der Waals surface area contributed by atoms with Crippen molar-refractivity contribution in [3.05, 3.63) is 58.3 Å². The van der Waals surface area contributed by atoms with Crippen LogP contribution in [0.1, 0.15) is 16.1 Å². The van der Waals surface area contributed by atoms with E-state index in [-0.39, 0.29) is 17.2 Å². The molecule has 3 aromatic rings. The number of rotatable bonds is 3. The minimum Gasteiger partial charge on any atom is -0.491 e. The Morgan fingerprint density at radius 3 is 2.92 bits per heavy atom. The smallest absolute Gasteiger partial charge is 0.290 e. The van der Waals surface area contributed by atoms with Crippen LogP contribution in [0.15, 0.2) is 46.0 Å². The Kier molecular flexibility index (Phi) is 3.16. The van der Waals surface area contributed by atoms with Gasteiger partial charge in [0.05, 0.1) is 30.6 Å². The van der Waals surface area contributed by atoms with Gasteiger partial charge < -0.3 is 14.2 Å². The largest absolute Gasteiger partial charge is 0.491 e. The lowest BCUT2D eigenvalue weighted by molar-refractivity contribution is 0.0995. The molecule has 1 aliphatic rings. The molecule has 0 atom stereocenters. The Morgan fingerprint density at radius 1 is 1.29 bits per heavy atom. The van der Waals surface area contributed by atoms with Gasteiger partial charge in [0.25, 0.3) is 11.5 Å². The van der Waals surface area contributed by atoms with Gasteiger partial charge in [0.2, 0.25) is 0 Å². The highest BCUT2D eigenvalue weighted by atomic mass is 16.5. The highest BCUT2D eigenvalue weighted by Gasteiger charge is 2.31. The van der Waals surface area contributed by atoms with Gasteiger partial charge in [-0.2, -0.15) is 0 Å². The van der Waals surface area contributed by atoms with Crippen LogP contribution in [-0.4, -0.2) is 28.1 Å². The number of methoxy groups -OCH3 is 1. The molecular formula is C16H12N4O4. The summed E-state index contributed by atoms with van der Waals surface area (Å²) in [4.78, 5) is 32.6. The van der Waals surface area contributed by atoms with Crippen molar-refractivity contribution in [2.24, 2.45) is 0 Å². The molecule has 0 aromatic carbocycles. The predicted octanol–water partition coefficient (Wildman–Crippen LogP) is 1.59. The van der Waals surface area contributed by atoms with Crippen LogP contribution < -0.4 is 15.2 Å². The fourth-order valence-corrected chi connectivity index (χ4v) is 2.64. The second-order valence-electron chi connectivity index (χ2n) is 5.23. The fraction of sp³-hybridized carbons (Fsp3) is 0.125. The minimum atomic E-state index is -0.310. The van der Waals surface area contributed by atoms with E-state index in [0.29, 0.717) is 34.9 Å². The summed E-state index contributed by atoms with van der Waals surface area (Å²) in [6.07, 6.45) is 2.98. The normalized spacial score (nSPS) is 13.2. The van der Waals surface area contributed by atoms with Crippen molar-refractivity contribution < 1.29 is 14.1 Å². The third kappa shape index (κ3) is 2.16. The number of pyridine rings is 2. The number of carbonyl (C=O) groups is 1. The van der Waals surface area contributed by atoms with E-state index in [1.165, 1.54) is 18.3 Å². The second-order valence-corrected chi connectivity index (χ2v) is 5.23. The lowest BCUT2D eigenvalue weighted by atomic mass is 10.1. The molecule has 8 nitrogen and oxygen atoms in total. The first-order valence-corrected chi connectivity index (χ1v) is 7.16. The van der Waals surface area contributed by atoms with Gasteiger partial charge in [-0.25, -0.2) is 0 Å². The Balaban J connectivity index is 1.72. The van der Waals surface area contributed by atoms with Crippen LogP contribution in [-0.2, 0) is 6.54 Å². The lowest BCUT2D eigenvalue weighted by Gasteiger charge is -2.09. The summed E-state index contributed by atoms with van der Waals surface area (Å²) in [5.74, 6) is 0.484. The molecule has 0 aliphatic carbocycles. The Bertz CT molecular complexity index is 978. The number of nitrogens with one attached hydrogen (secondary N) is 1. The van der Waals surface area contributed by atoms with Gasteiger partial charge in [-0.3, -0.25) is 19.5 Å². The Hall–Kier alpha value is -3.42. The molecule has 3 aromatic heterocycles. The zero-order chi connectivity index (χ0) is 16.7. The van der Waals surface area contributed by atoms with Gasteiger partial charge in [-0.1, -0.05) is 5.16 Å². The maximum atomic E-state index is 12.4. The molecule has 0 spiro atoms. The summed E-state index contributed by atoms with van der Waals surface area (Å²) in [7, 11) is 1.43. The first kappa shape index (κ1) is 14.2. The number of hydrogen-bond donors (Lipinski definition) is 1. The number of aromatic nitrogens is 3. The van der Waals surface area contributed by atoms with Gasteiger partial charge in [-0.15, -0.1) is 0 Å². The number of anilines is 1. The van der Waals surface area contributed by atoms with Crippen LogP contribution in [0.4, 0.5) is 5.82 Å². The van der Waals surface area contributed by atoms with Crippen molar-refractivity contribution in [2.45, 2.75) is 6.54 Å². The summed E-state index contributed by atoms with van der Waals surface area (Å²) in [5.41, 5.74) is 2.19. The number of aromatic amines is 1. The lowest BCUT2D eigenvalue weighted by Crippen LogP contribution is -2.23. The number of H-pyrrole nitrogens is 1. The predicted molar refractivity (Wildman–Crippen MR) is 83.9 cm³/mol. The summed E-state index contributed by atoms with van der Waals surface area (Å²) < 4.78 is 9.82. The van der Waals surface area contributed by atoms with E-state index in [0.717, 1.165) is 0 Å². The summed E-state index contributed by atoms with van der Waals surface area (Å²) in [6.45, 7) is 0.315. The average molecular weight is 324 g/mol. The van der Waals surface area contributed by atoms with Gasteiger partial charge in [0.1, 0.15) is 6.26 Å². The quantitative estimate of drug-likeness (QED) is 0.785. The molecule has 0 radical (unpaired) electrons. The van der Waals surface area contributed by atoms with Crippen molar-refractivity contribution in [2.75, 3.05) is 12.0 Å². The van der Waals surface area contributed by atoms with Crippen molar-refractivity contribution in [1.82, 2.24) is 15.1 Å². The van der Waals surface area contributed by atoms with Crippen molar-refractivity contribution in [3.63, 3.8) is 0 Å². The third-order valence-corrected chi connectivity index (χ3v) is 3.84. The van der Waals surface area contributed by atoms with E-state index in [1.54, 1.807) is 30.5 Å². The Labute approximate surface area is 135 Å². The molecule has 1 N–H and O–H groups in total. The molecule has 0 saturated heterocycles. The maximum Gasteiger partial charge on any atom is 0.290 e. The molecule has 1 aliphatic heterocycles. The van der Waals surface area contributed by atoms with Crippen molar-refractivity contribution in [3.8, 4) is 17.0 Å². The van der Waals surface area contributed by atoms with Crippen LogP contribution in [0.3, 0.4) is 0 Å². The molecule has 4 rings (SSSR count). The van der Waals surface area contributed by atoms with Crippen LogP contribution in [0.2, 0.25) is 0 Å². The van der Waals surface area contributed by atoms with Gasteiger partial charge in [0, 0.05) is 17.8 Å². The van der Waals surface area contributed by atoms with E-state index in [9.17, 15) is 9.59 Å². The number of amides is 1. The second kappa shape index (κ2) is 5.34. The topological polar surface area (TPSA) is 101 Å². The standard InChI is InChI=1S/C16H12N4O4/c1-23-13-6-9(7-17-15(13)21)11-3-2-10-12(18-11)8-20(16(10)22)14-4-5-24-19-14/h2-7H,8H2,1H3,(H,17,21). The summed E-state index contributed by atoms with van der Waals surface area (Å²) >= 11 is 0. The molecule has 0 saturated carbocycles. The zero-order valence-electron chi connectivity index (χ0n) is 12.6. The van der Waals surface area contributed by atoms with Crippen LogP contribution in [0, 0.1) is 0 Å². The van der Waals surface area contributed by atoms with Gasteiger partial charge >= 0.3 is 0 Å². The summed E-state index contributed by atoms with van der Waals surface area (Å²) in [6, 6.07) is 6.69. The molecule has 0 fully saturated rings. The third-order valence-electron chi connectivity index (χ3n) is 3.84. The number of carbonyl (C=O) groups excluding carboxylic acids is 1. The van der Waals surface area contributed by atoms with E-state index >= 15 is 0 Å². The molecular weight excluding hydrogens is 312 g/mol. The molecule has 0 unspecified atom stereocenters.